The molecule has 2 aromatic rings. The SMILES string of the molecule is OC(c1ccn(CCOc2cccc(Br)c2)c1)C(F)(F)F. The minimum Gasteiger partial charge on any atom is -0.492 e. The van der Waals surface area contributed by atoms with Crippen molar-refractivity contribution in [2.45, 2.75) is 18.8 Å². The lowest BCUT2D eigenvalue weighted by molar-refractivity contribution is -0.206. The number of rotatable bonds is 5. The van der Waals surface area contributed by atoms with E-state index >= 15 is 0 Å². The molecule has 21 heavy (non-hydrogen) atoms. The van der Waals surface area contributed by atoms with E-state index in [1.807, 2.05) is 12.1 Å². The number of ether oxygens (including phenoxy) is 1. The Bertz CT molecular complexity index is 598. The van der Waals surface area contributed by atoms with Crippen molar-refractivity contribution in [1.29, 1.82) is 0 Å². The Hall–Kier alpha value is -1.47. The van der Waals surface area contributed by atoms with E-state index in [-0.39, 0.29) is 5.56 Å². The van der Waals surface area contributed by atoms with Gasteiger partial charge < -0.3 is 14.4 Å². The molecule has 0 fully saturated rings. The van der Waals surface area contributed by atoms with Crippen molar-refractivity contribution in [2.75, 3.05) is 6.61 Å². The lowest BCUT2D eigenvalue weighted by atomic mass is 10.2. The molecular weight excluding hydrogens is 351 g/mol. The summed E-state index contributed by atoms with van der Waals surface area (Å²) in [7, 11) is 0. The van der Waals surface area contributed by atoms with Gasteiger partial charge in [0.15, 0.2) is 6.10 Å². The molecule has 0 aliphatic carbocycles. The molecule has 1 heterocycles. The van der Waals surface area contributed by atoms with E-state index in [9.17, 15) is 13.2 Å². The number of benzene rings is 1. The molecule has 1 atom stereocenters. The molecule has 0 spiro atoms. The molecule has 1 unspecified atom stereocenters. The molecule has 7 heteroatoms. The summed E-state index contributed by atoms with van der Waals surface area (Å²) < 4.78 is 45.0. The maximum absolute atomic E-state index is 12.4. The van der Waals surface area contributed by atoms with Gasteiger partial charge in [0.2, 0.25) is 0 Å². The predicted molar refractivity (Wildman–Crippen MR) is 75.1 cm³/mol. The summed E-state index contributed by atoms with van der Waals surface area (Å²) in [5, 5.41) is 9.13. The first-order valence-corrected chi connectivity index (χ1v) is 6.94. The standard InChI is InChI=1S/C14H13BrF3NO2/c15-11-2-1-3-12(8-11)21-7-6-19-5-4-10(9-19)13(20)14(16,17)18/h1-5,8-9,13,20H,6-7H2. The monoisotopic (exact) mass is 363 g/mol. The second-order valence-electron chi connectivity index (χ2n) is 4.43. The summed E-state index contributed by atoms with van der Waals surface area (Å²) in [6.45, 7) is 0.698. The highest BCUT2D eigenvalue weighted by molar-refractivity contribution is 9.10. The van der Waals surface area contributed by atoms with Crippen LogP contribution in [0.2, 0.25) is 0 Å². The van der Waals surface area contributed by atoms with Gasteiger partial charge in [-0.15, -0.1) is 0 Å². The Labute approximate surface area is 128 Å². The first-order valence-electron chi connectivity index (χ1n) is 6.15. The Morgan fingerprint density at radius 2 is 2.05 bits per heavy atom. The minimum atomic E-state index is -4.65. The van der Waals surface area contributed by atoms with E-state index in [0.29, 0.717) is 18.9 Å². The van der Waals surface area contributed by atoms with Gasteiger partial charge in [0.1, 0.15) is 12.4 Å². The summed E-state index contributed by atoms with van der Waals surface area (Å²) in [6, 6.07) is 8.53. The Morgan fingerprint density at radius 3 is 2.71 bits per heavy atom. The third kappa shape index (κ3) is 4.50. The fourth-order valence-electron chi connectivity index (χ4n) is 1.77. The quantitative estimate of drug-likeness (QED) is 0.873. The maximum Gasteiger partial charge on any atom is 0.418 e. The number of alkyl halides is 3. The Balaban J connectivity index is 1.89. The maximum atomic E-state index is 12.4. The summed E-state index contributed by atoms with van der Waals surface area (Å²) in [4.78, 5) is 0. The van der Waals surface area contributed by atoms with Gasteiger partial charge >= 0.3 is 6.18 Å². The van der Waals surface area contributed by atoms with Crippen molar-refractivity contribution in [3.8, 4) is 5.75 Å². The summed E-state index contributed by atoms with van der Waals surface area (Å²) in [5.74, 6) is 0.673. The van der Waals surface area contributed by atoms with Crippen LogP contribution in [0, 0.1) is 0 Å². The van der Waals surface area contributed by atoms with Crippen molar-refractivity contribution in [1.82, 2.24) is 4.57 Å². The molecule has 1 N–H and O–H groups in total. The lowest BCUT2D eigenvalue weighted by Gasteiger charge is -2.12. The number of nitrogens with zero attached hydrogens (tertiary/aromatic N) is 1. The van der Waals surface area contributed by atoms with Gasteiger partial charge in [-0.1, -0.05) is 22.0 Å². The molecule has 0 bridgehead atoms. The molecule has 3 nitrogen and oxygen atoms in total. The van der Waals surface area contributed by atoms with Crippen molar-refractivity contribution in [3.63, 3.8) is 0 Å². The van der Waals surface area contributed by atoms with Crippen molar-refractivity contribution in [3.05, 3.63) is 52.8 Å². The van der Waals surface area contributed by atoms with E-state index < -0.39 is 12.3 Å². The molecule has 0 amide bonds. The van der Waals surface area contributed by atoms with Gasteiger partial charge in [-0.25, -0.2) is 0 Å². The van der Waals surface area contributed by atoms with Gasteiger partial charge in [-0.05, 0) is 24.3 Å². The predicted octanol–water partition coefficient (Wildman–Crippen LogP) is 3.93. The van der Waals surface area contributed by atoms with Gasteiger partial charge in [0.25, 0.3) is 0 Å². The van der Waals surface area contributed by atoms with Crippen molar-refractivity contribution >= 4 is 15.9 Å². The van der Waals surface area contributed by atoms with Crippen LogP contribution < -0.4 is 4.74 Å². The fourth-order valence-corrected chi connectivity index (χ4v) is 2.15. The number of hydrogen-bond acceptors (Lipinski definition) is 2. The van der Waals surface area contributed by atoms with E-state index in [2.05, 4.69) is 15.9 Å². The zero-order chi connectivity index (χ0) is 15.5. The highest BCUT2D eigenvalue weighted by Crippen LogP contribution is 2.32. The summed E-state index contributed by atoms with van der Waals surface area (Å²) >= 11 is 3.32. The highest BCUT2D eigenvalue weighted by atomic mass is 79.9. The van der Waals surface area contributed by atoms with Crippen LogP contribution in [0.15, 0.2) is 47.2 Å². The van der Waals surface area contributed by atoms with Crippen LogP contribution in [0.25, 0.3) is 0 Å². The number of hydrogen-bond donors (Lipinski definition) is 1. The number of aliphatic hydroxyl groups is 1. The van der Waals surface area contributed by atoms with Crippen LogP contribution in [0.3, 0.4) is 0 Å². The topological polar surface area (TPSA) is 34.4 Å². The zero-order valence-corrected chi connectivity index (χ0v) is 12.4. The average Bonchev–Trinajstić information content (AvgIpc) is 2.85. The molecule has 1 aromatic heterocycles. The normalized spacial score (nSPS) is 13.2. The van der Waals surface area contributed by atoms with Crippen LogP contribution in [-0.2, 0) is 6.54 Å². The Kier molecular flexibility index (Phi) is 4.95. The van der Waals surface area contributed by atoms with E-state index in [0.717, 1.165) is 4.47 Å². The molecule has 114 valence electrons. The fraction of sp³-hybridized carbons (Fsp3) is 0.286. The van der Waals surface area contributed by atoms with Gasteiger partial charge in [-0.3, -0.25) is 0 Å². The number of halogens is 4. The third-order valence-electron chi connectivity index (χ3n) is 2.81. The summed E-state index contributed by atoms with van der Waals surface area (Å²) in [5.41, 5.74) is -0.176. The smallest absolute Gasteiger partial charge is 0.418 e. The van der Waals surface area contributed by atoms with Gasteiger partial charge in [-0.2, -0.15) is 13.2 Å². The first-order chi connectivity index (χ1) is 9.86. The van der Waals surface area contributed by atoms with Crippen LogP contribution in [0.4, 0.5) is 13.2 Å². The van der Waals surface area contributed by atoms with Crippen LogP contribution in [0.1, 0.15) is 11.7 Å². The molecule has 2 rings (SSSR count). The zero-order valence-electron chi connectivity index (χ0n) is 10.8. The molecular formula is C14H13BrF3NO2. The van der Waals surface area contributed by atoms with Crippen LogP contribution in [-0.4, -0.2) is 22.5 Å². The van der Waals surface area contributed by atoms with Gasteiger partial charge in [0.05, 0.1) is 6.54 Å². The first kappa shape index (κ1) is 15.9. The largest absolute Gasteiger partial charge is 0.492 e. The molecule has 0 saturated heterocycles. The molecule has 0 aliphatic heterocycles. The Morgan fingerprint density at radius 1 is 1.29 bits per heavy atom. The van der Waals surface area contributed by atoms with Crippen LogP contribution >= 0.6 is 15.9 Å². The van der Waals surface area contributed by atoms with E-state index in [1.54, 1.807) is 16.7 Å². The van der Waals surface area contributed by atoms with Gasteiger partial charge in [0, 0.05) is 22.4 Å². The highest BCUT2D eigenvalue weighted by Gasteiger charge is 2.39. The second kappa shape index (κ2) is 6.53. The molecule has 0 aliphatic rings. The summed E-state index contributed by atoms with van der Waals surface area (Å²) in [6.07, 6.45) is -4.36. The minimum absolute atomic E-state index is 0.176. The third-order valence-corrected chi connectivity index (χ3v) is 3.31. The van der Waals surface area contributed by atoms with Crippen molar-refractivity contribution in [2.24, 2.45) is 0 Å². The molecule has 0 radical (unpaired) electrons. The van der Waals surface area contributed by atoms with Crippen molar-refractivity contribution < 1.29 is 23.0 Å². The number of aliphatic hydroxyl groups excluding tert-OH is 1. The molecule has 0 saturated carbocycles. The number of aromatic nitrogens is 1. The second-order valence-corrected chi connectivity index (χ2v) is 5.35. The van der Waals surface area contributed by atoms with Crippen LogP contribution in [0.5, 0.6) is 5.75 Å². The van der Waals surface area contributed by atoms with E-state index in [4.69, 9.17) is 9.84 Å². The molecule has 1 aromatic carbocycles. The average molecular weight is 364 g/mol. The van der Waals surface area contributed by atoms with E-state index in [1.165, 1.54) is 18.5 Å². The lowest BCUT2D eigenvalue weighted by Crippen LogP contribution is -2.19.